The van der Waals surface area contributed by atoms with Crippen LogP contribution in [0.4, 0.5) is 0 Å². The van der Waals surface area contributed by atoms with Crippen LogP contribution in [0.3, 0.4) is 0 Å². The van der Waals surface area contributed by atoms with Crippen LogP contribution in [0.15, 0.2) is 0 Å². The Balaban J connectivity index is 4.34. The Kier molecular flexibility index (Phi) is 6.65. The third kappa shape index (κ3) is 5.50. The Morgan fingerprint density at radius 3 is 2.25 bits per heavy atom. The van der Waals surface area contributed by atoms with Gasteiger partial charge in [0.15, 0.2) is 0 Å². The minimum absolute atomic E-state index is 0.0704. The van der Waals surface area contributed by atoms with Gasteiger partial charge in [-0.05, 0) is 24.8 Å². The second-order valence-corrected chi connectivity index (χ2v) is 5.69. The van der Waals surface area contributed by atoms with Gasteiger partial charge >= 0.3 is 0 Å². The minimum Gasteiger partial charge on any atom is -0.353 e. The quantitative estimate of drug-likeness (QED) is 0.733. The Hall–Kier alpha value is -0.570. The topological polar surface area (TPSA) is 55.1 Å². The van der Waals surface area contributed by atoms with E-state index in [0.29, 0.717) is 6.54 Å². The summed E-state index contributed by atoms with van der Waals surface area (Å²) in [6.07, 6.45) is 2.84. The van der Waals surface area contributed by atoms with Gasteiger partial charge in [-0.2, -0.15) is 0 Å². The lowest BCUT2D eigenvalue weighted by molar-refractivity contribution is -0.126. The minimum atomic E-state index is 0.0704. The number of rotatable bonds is 6. The summed E-state index contributed by atoms with van der Waals surface area (Å²) >= 11 is 0. The number of nitrogens with two attached hydrogens (primary N) is 1. The van der Waals surface area contributed by atoms with E-state index in [1.54, 1.807) is 0 Å². The Morgan fingerprint density at radius 1 is 1.31 bits per heavy atom. The molecule has 1 amide bonds. The van der Waals surface area contributed by atoms with Crippen LogP contribution in [0.25, 0.3) is 0 Å². The van der Waals surface area contributed by atoms with Gasteiger partial charge in [0.05, 0.1) is 0 Å². The molecular weight excluding hydrogens is 200 g/mol. The molecule has 3 nitrogen and oxygen atoms in total. The highest BCUT2D eigenvalue weighted by atomic mass is 16.1. The molecule has 0 aliphatic heterocycles. The summed E-state index contributed by atoms with van der Waals surface area (Å²) in [6, 6.07) is 0.171. The van der Waals surface area contributed by atoms with Gasteiger partial charge in [0, 0.05) is 12.0 Å². The van der Waals surface area contributed by atoms with Crippen molar-refractivity contribution in [2.75, 3.05) is 6.54 Å². The molecule has 0 fully saturated rings. The molecule has 0 radical (unpaired) electrons. The van der Waals surface area contributed by atoms with Crippen LogP contribution in [0.1, 0.15) is 53.9 Å². The fraction of sp³-hybridized carbons (Fsp3) is 0.923. The number of carbonyl (C=O) groups is 1. The average molecular weight is 228 g/mol. The van der Waals surface area contributed by atoms with E-state index in [0.717, 1.165) is 19.3 Å². The van der Waals surface area contributed by atoms with Crippen LogP contribution < -0.4 is 11.1 Å². The Morgan fingerprint density at radius 2 is 1.88 bits per heavy atom. The summed E-state index contributed by atoms with van der Waals surface area (Å²) in [4.78, 5) is 11.9. The normalized spacial score (nSPS) is 15.6. The van der Waals surface area contributed by atoms with E-state index in [-0.39, 0.29) is 23.3 Å². The maximum Gasteiger partial charge on any atom is 0.223 e. The highest BCUT2D eigenvalue weighted by Crippen LogP contribution is 2.22. The molecule has 16 heavy (non-hydrogen) atoms. The zero-order valence-electron chi connectivity index (χ0n) is 11.5. The molecule has 0 spiro atoms. The molecule has 3 N–H and O–H groups in total. The number of hydrogen-bond donors (Lipinski definition) is 2. The van der Waals surface area contributed by atoms with Crippen molar-refractivity contribution in [2.24, 2.45) is 17.1 Å². The highest BCUT2D eigenvalue weighted by Gasteiger charge is 2.26. The van der Waals surface area contributed by atoms with E-state index in [2.05, 4.69) is 33.0 Å². The SMILES string of the molecule is CCCC(C)C(=O)NC(CCN)C(C)(C)C. The lowest BCUT2D eigenvalue weighted by Crippen LogP contribution is -2.46. The zero-order valence-corrected chi connectivity index (χ0v) is 11.5. The summed E-state index contributed by atoms with van der Waals surface area (Å²) in [5.41, 5.74) is 5.66. The van der Waals surface area contributed by atoms with Crippen LogP contribution in [0.5, 0.6) is 0 Å². The van der Waals surface area contributed by atoms with Crippen LogP contribution in [0.2, 0.25) is 0 Å². The van der Waals surface area contributed by atoms with Crippen LogP contribution in [0, 0.1) is 11.3 Å². The fourth-order valence-corrected chi connectivity index (χ4v) is 1.77. The highest BCUT2D eigenvalue weighted by molar-refractivity contribution is 5.78. The van der Waals surface area contributed by atoms with Gasteiger partial charge in [-0.1, -0.05) is 41.0 Å². The van der Waals surface area contributed by atoms with E-state index in [1.165, 1.54) is 0 Å². The van der Waals surface area contributed by atoms with E-state index in [4.69, 9.17) is 5.73 Å². The summed E-state index contributed by atoms with van der Waals surface area (Å²) < 4.78 is 0. The molecule has 3 heteroatoms. The molecule has 0 saturated heterocycles. The molecule has 0 saturated carbocycles. The molecule has 2 unspecified atom stereocenters. The Bertz CT molecular complexity index is 208. The van der Waals surface area contributed by atoms with Crippen molar-refractivity contribution in [1.82, 2.24) is 5.32 Å². The van der Waals surface area contributed by atoms with Crippen molar-refractivity contribution < 1.29 is 4.79 Å². The molecule has 0 aliphatic carbocycles. The monoisotopic (exact) mass is 228 g/mol. The molecule has 0 rings (SSSR count). The fourth-order valence-electron chi connectivity index (χ4n) is 1.77. The molecule has 96 valence electrons. The molecule has 0 aliphatic rings. The molecular formula is C13H28N2O. The van der Waals surface area contributed by atoms with Crippen molar-refractivity contribution >= 4 is 5.91 Å². The van der Waals surface area contributed by atoms with Gasteiger partial charge in [0.25, 0.3) is 0 Å². The predicted molar refractivity (Wildman–Crippen MR) is 69.1 cm³/mol. The van der Waals surface area contributed by atoms with Crippen LogP contribution >= 0.6 is 0 Å². The molecule has 0 aromatic heterocycles. The van der Waals surface area contributed by atoms with E-state index >= 15 is 0 Å². The average Bonchev–Trinajstić information content (AvgIpc) is 2.15. The van der Waals surface area contributed by atoms with E-state index in [9.17, 15) is 4.79 Å². The van der Waals surface area contributed by atoms with Crippen molar-refractivity contribution in [1.29, 1.82) is 0 Å². The van der Waals surface area contributed by atoms with Crippen molar-refractivity contribution in [3.63, 3.8) is 0 Å². The third-order valence-corrected chi connectivity index (χ3v) is 2.99. The van der Waals surface area contributed by atoms with Crippen LogP contribution in [-0.4, -0.2) is 18.5 Å². The predicted octanol–water partition coefficient (Wildman–Crippen LogP) is 2.30. The number of amides is 1. The van der Waals surface area contributed by atoms with Gasteiger partial charge in [-0.15, -0.1) is 0 Å². The number of nitrogens with one attached hydrogen (secondary N) is 1. The number of hydrogen-bond acceptors (Lipinski definition) is 2. The first-order valence-electron chi connectivity index (χ1n) is 6.33. The molecule has 0 heterocycles. The lowest BCUT2D eigenvalue weighted by Gasteiger charge is -2.32. The second-order valence-electron chi connectivity index (χ2n) is 5.69. The van der Waals surface area contributed by atoms with Crippen molar-refractivity contribution in [3.8, 4) is 0 Å². The third-order valence-electron chi connectivity index (χ3n) is 2.99. The molecule has 0 bridgehead atoms. The standard InChI is InChI=1S/C13H28N2O/c1-6-7-10(2)12(16)15-11(8-9-14)13(3,4)5/h10-11H,6-9,14H2,1-5H3,(H,15,16). The second kappa shape index (κ2) is 6.89. The maximum absolute atomic E-state index is 11.9. The number of carbonyl (C=O) groups excluding carboxylic acids is 1. The lowest BCUT2D eigenvalue weighted by atomic mass is 9.84. The first-order chi connectivity index (χ1) is 7.32. The smallest absolute Gasteiger partial charge is 0.223 e. The van der Waals surface area contributed by atoms with Crippen molar-refractivity contribution in [3.05, 3.63) is 0 Å². The largest absolute Gasteiger partial charge is 0.353 e. The van der Waals surface area contributed by atoms with Crippen molar-refractivity contribution in [2.45, 2.75) is 59.9 Å². The summed E-state index contributed by atoms with van der Waals surface area (Å²) in [7, 11) is 0. The first-order valence-corrected chi connectivity index (χ1v) is 6.33. The summed E-state index contributed by atoms with van der Waals surface area (Å²) in [5, 5.41) is 3.12. The molecule has 0 aromatic carbocycles. The first kappa shape index (κ1) is 15.4. The van der Waals surface area contributed by atoms with E-state index in [1.807, 2.05) is 6.92 Å². The molecule has 2 atom stereocenters. The van der Waals surface area contributed by atoms with Crippen LogP contribution in [-0.2, 0) is 4.79 Å². The van der Waals surface area contributed by atoms with Gasteiger partial charge in [0.2, 0.25) is 5.91 Å². The zero-order chi connectivity index (χ0) is 12.8. The summed E-state index contributed by atoms with van der Waals surface area (Å²) in [6.45, 7) is 11.1. The molecule has 0 aromatic rings. The summed E-state index contributed by atoms with van der Waals surface area (Å²) in [5.74, 6) is 0.267. The maximum atomic E-state index is 11.9. The van der Waals surface area contributed by atoms with Gasteiger partial charge < -0.3 is 11.1 Å². The van der Waals surface area contributed by atoms with Gasteiger partial charge in [-0.25, -0.2) is 0 Å². The van der Waals surface area contributed by atoms with Gasteiger partial charge in [-0.3, -0.25) is 4.79 Å². The van der Waals surface area contributed by atoms with E-state index < -0.39 is 0 Å². The Labute approximate surface area is 100 Å². The van der Waals surface area contributed by atoms with Gasteiger partial charge in [0.1, 0.15) is 0 Å².